The van der Waals surface area contributed by atoms with Crippen LogP contribution in [0, 0.1) is 5.82 Å². The van der Waals surface area contributed by atoms with Gasteiger partial charge in [-0.05, 0) is 39.1 Å². The number of hydrogen-bond acceptors (Lipinski definition) is 5. The van der Waals surface area contributed by atoms with Gasteiger partial charge in [-0.25, -0.2) is 9.18 Å². The molecule has 1 aromatic carbocycles. The second-order valence-corrected chi connectivity index (χ2v) is 5.03. The zero-order chi connectivity index (χ0) is 14.7. The van der Waals surface area contributed by atoms with E-state index in [2.05, 4.69) is 10.2 Å². The van der Waals surface area contributed by atoms with E-state index >= 15 is 0 Å². The third-order valence-electron chi connectivity index (χ3n) is 3.39. The van der Waals surface area contributed by atoms with E-state index in [1.807, 2.05) is 7.05 Å². The highest BCUT2D eigenvalue weighted by atomic mass is 19.1. The first kappa shape index (κ1) is 14.6. The molecule has 0 spiro atoms. The molecule has 6 heteroatoms. The summed E-state index contributed by atoms with van der Waals surface area (Å²) >= 11 is 0. The molecular weight excluding hydrogens is 261 g/mol. The number of likely N-dealkylation sites (N-methyl/N-ethyl adjacent to an activating group) is 1. The SMILES string of the molecule is CCOC(=O)c1cc(NC2CCN(C)C2)c(F)cc1N. The normalized spacial score (nSPS) is 19.1. The van der Waals surface area contributed by atoms with Gasteiger partial charge in [0, 0.05) is 18.3 Å². The molecule has 1 aliphatic heterocycles. The Morgan fingerprint density at radius 1 is 1.60 bits per heavy atom. The maximum atomic E-state index is 13.9. The van der Waals surface area contributed by atoms with E-state index in [1.165, 1.54) is 6.07 Å². The number of esters is 1. The number of carbonyl (C=O) groups excluding carboxylic acids is 1. The van der Waals surface area contributed by atoms with Gasteiger partial charge in [-0.15, -0.1) is 0 Å². The van der Waals surface area contributed by atoms with Crippen LogP contribution in [0.15, 0.2) is 12.1 Å². The van der Waals surface area contributed by atoms with E-state index < -0.39 is 11.8 Å². The van der Waals surface area contributed by atoms with Gasteiger partial charge in [-0.1, -0.05) is 0 Å². The molecule has 0 aliphatic carbocycles. The number of nitrogens with two attached hydrogens (primary N) is 1. The minimum Gasteiger partial charge on any atom is -0.462 e. The van der Waals surface area contributed by atoms with Crippen LogP contribution in [0.5, 0.6) is 0 Å². The number of nitrogen functional groups attached to an aromatic ring is 1. The zero-order valence-corrected chi connectivity index (χ0v) is 11.8. The number of carbonyl (C=O) groups is 1. The lowest BCUT2D eigenvalue weighted by Crippen LogP contribution is -2.24. The molecule has 1 atom stereocenters. The fourth-order valence-corrected chi connectivity index (χ4v) is 2.36. The lowest BCUT2D eigenvalue weighted by atomic mass is 10.1. The largest absolute Gasteiger partial charge is 0.462 e. The second kappa shape index (κ2) is 6.09. The molecule has 0 saturated carbocycles. The summed E-state index contributed by atoms with van der Waals surface area (Å²) in [4.78, 5) is 13.9. The van der Waals surface area contributed by atoms with Crippen molar-refractivity contribution in [3.05, 3.63) is 23.5 Å². The number of benzene rings is 1. The third-order valence-corrected chi connectivity index (χ3v) is 3.39. The van der Waals surface area contributed by atoms with Crippen LogP contribution in [-0.4, -0.2) is 43.7 Å². The molecule has 0 amide bonds. The number of hydrogen-bond donors (Lipinski definition) is 2. The molecule has 0 bridgehead atoms. The van der Waals surface area contributed by atoms with Crippen molar-refractivity contribution in [3.63, 3.8) is 0 Å². The Morgan fingerprint density at radius 3 is 2.95 bits per heavy atom. The van der Waals surface area contributed by atoms with Crippen molar-refractivity contribution in [1.29, 1.82) is 0 Å². The molecule has 2 rings (SSSR count). The van der Waals surface area contributed by atoms with E-state index in [0.29, 0.717) is 5.69 Å². The summed E-state index contributed by atoms with van der Waals surface area (Å²) in [6, 6.07) is 2.77. The molecule has 1 aromatic rings. The maximum Gasteiger partial charge on any atom is 0.340 e. The molecule has 0 radical (unpaired) electrons. The first-order valence-corrected chi connectivity index (χ1v) is 6.72. The van der Waals surface area contributed by atoms with Gasteiger partial charge >= 0.3 is 5.97 Å². The molecule has 1 saturated heterocycles. The van der Waals surface area contributed by atoms with Gasteiger partial charge < -0.3 is 20.7 Å². The number of halogens is 1. The smallest absolute Gasteiger partial charge is 0.340 e. The average Bonchev–Trinajstić information content (AvgIpc) is 2.78. The Hall–Kier alpha value is -1.82. The Labute approximate surface area is 117 Å². The summed E-state index contributed by atoms with van der Waals surface area (Å²) in [6.45, 7) is 3.79. The van der Waals surface area contributed by atoms with Gasteiger partial charge in [0.05, 0.1) is 17.9 Å². The van der Waals surface area contributed by atoms with Crippen molar-refractivity contribution in [3.8, 4) is 0 Å². The van der Waals surface area contributed by atoms with Crippen molar-refractivity contribution < 1.29 is 13.9 Å². The zero-order valence-electron chi connectivity index (χ0n) is 11.8. The highest BCUT2D eigenvalue weighted by Crippen LogP contribution is 2.25. The number of anilines is 2. The van der Waals surface area contributed by atoms with Gasteiger partial charge in [0.1, 0.15) is 5.82 Å². The Balaban J connectivity index is 2.20. The Morgan fingerprint density at radius 2 is 2.35 bits per heavy atom. The van der Waals surface area contributed by atoms with Crippen molar-refractivity contribution in [2.75, 3.05) is 37.8 Å². The number of ether oxygens (including phenoxy) is 1. The molecule has 1 unspecified atom stereocenters. The molecule has 110 valence electrons. The quantitative estimate of drug-likeness (QED) is 0.649. The standard InChI is InChI=1S/C14H20FN3O2/c1-3-20-14(19)10-6-13(11(15)7-12(10)16)17-9-4-5-18(2)8-9/h6-7,9,17H,3-5,8,16H2,1-2H3. The van der Waals surface area contributed by atoms with Gasteiger partial charge in [0.15, 0.2) is 0 Å². The highest BCUT2D eigenvalue weighted by molar-refractivity contribution is 5.96. The third kappa shape index (κ3) is 3.19. The van der Waals surface area contributed by atoms with E-state index in [-0.39, 0.29) is 23.9 Å². The van der Waals surface area contributed by atoms with Crippen LogP contribution < -0.4 is 11.1 Å². The van der Waals surface area contributed by atoms with Crippen LogP contribution in [0.3, 0.4) is 0 Å². The van der Waals surface area contributed by atoms with Gasteiger partial charge in [0.2, 0.25) is 0 Å². The highest BCUT2D eigenvalue weighted by Gasteiger charge is 2.22. The Bertz CT molecular complexity index is 507. The maximum absolute atomic E-state index is 13.9. The molecule has 5 nitrogen and oxygen atoms in total. The number of rotatable bonds is 4. The molecular formula is C14H20FN3O2. The predicted octanol–water partition coefficient (Wildman–Crippen LogP) is 1.70. The minimum atomic E-state index is -0.531. The van der Waals surface area contributed by atoms with Crippen LogP contribution in [0.4, 0.5) is 15.8 Å². The summed E-state index contributed by atoms with van der Waals surface area (Å²) < 4.78 is 18.8. The average molecular weight is 281 g/mol. The molecule has 0 aromatic heterocycles. The number of nitrogens with zero attached hydrogens (tertiary/aromatic N) is 1. The van der Waals surface area contributed by atoms with E-state index in [0.717, 1.165) is 25.6 Å². The second-order valence-electron chi connectivity index (χ2n) is 5.03. The van der Waals surface area contributed by atoms with Gasteiger partial charge in [0.25, 0.3) is 0 Å². The van der Waals surface area contributed by atoms with Crippen LogP contribution >= 0.6 is 0 Å². The van der Waals surface area contributed by atoms with E-state index in [1.54, 1.807) is 6.92 Å². The first-order valence-electron chi connectivity index (χ1n) is 6.72. The van der Waals surface area contributed by atoms with Crippen LogP contribution in [-0.2, 0) is 4.74 Å². The van der Waals surface area contributed by atoms with E-state index in [9.17, 15) is 9.18 Å². The summed E-state index contributed by atoms with van der Waals surface area (Å²) in [5, 5.41) is 3.12. The van der Waals surface area contributed by atoms with Gasteiger partial charge in [-0.3, -0.25) is 0 Å². The summed E-state index contributed by atoms with van der Waals surface area (Å²) in [5.74, 6) is -0.985. The first-order chi connectivity index (χ1) is 9.51. The van der Waals surface area contributed by atoms with E-state index in [4.69, 9.17) is 10.5 Å². The summed E-state index contributed by atoms with van der Waals surface area (Å²) in [7, 11) is 2.02. The Kier molecular flexibility index (Phi) is 4.44. The minimum absolute atomic E-state index is 0.0926. The summed E-state index contributed by atoms with van der Waals surface area (Å²) in [6.07, 6.45) is 0.940. The topological polar surface area (TPSA) is 67.6 Å². The van der Waals surface area contributed by atoms with Crippen LogP contribution in [0.2, 0.25) is 0 Å². The molecule has 1 aliphatic rings. The lowest BCUT2D eigenvalue weighted by molar-refractivity contribution is 0.0527. The van der Waals surface area contributed by atoms with Gasteiger partial charge in [-0.2, -0.15) is 0 Å². The van der Waals surface area contributed by atoms with Crippen molar-refractivity contribution in [2.45, 2.75) is 19.4 Å². The van der Waals surface area contributed by atoms with Crippen LogP contribution in [0.1, 0.15) is 23.7 Å². The number of nitrogens with one attached hydrogen (secondary N) is 1. The molecule has 3 N–H and O–H groups in total. The fourth-order valence-electron chi connectivity index (χ4n) is 2.36. The summed E-state index contributed by atoms with van der Waals surface area (Å²) in [5.41, 5.74) is 6.26. The predicted molar refractivity (Wildman–Crippen MR) is 76.3 cm³/mol. The van der Waals surface area contributed by atoms with Crippen LogP contribution in [0.25, 0.3) is 0 Å². The molecule has 20 heavy (non-hydrogen) atoms. The van der Waals surface area contributed by atoms with Crippen molar-refractivity contribution >= 4 is 17.3 Å². The fraction of sp³-hybridized carbons (Fsp3) is 0.500. The molecule has 1 fully saturated rings. The molecule has 1 heterocycles. The van der Waals surface area contributed by atoms with Crippen molar-refractivity contribution in [2.24, 2.45) is 0 Å². The van der Waals surface area contributed by atoms with Crippen molar-refractivity contribution in [1.82, 2.24) is 4.90 Å². The monoisotopic (exact) mass is 281 g/mol. The number of likely N-dealkylation sites (tertiary alicyclic amines) is 1. The lowest BCUT2D eigenvalue weighted by Gasteiger charge is -2.16.